The number of rotatable bonds is 4. The molecule has 2 nitrogen and oxygen atoms in total. The molecule has 16 heavy (non-hydrogen) atoms. The number of hydrogen-bond acceptors (Lipinski definition) is 2. The Morgan fingerprint density at radius 3 is 2.44 bits per heavy atom. The van der Waals surface area contributed by atoms with Gasteiger partial charge in [-0.1, -0.05) is 17.7 Å². The van der Waals surface area contributed by atoms with Gasteiger partial charge in [0.05, 0.1) is 5.56 Å². The van der Waals surface area contributed by atoms with Gasteiger partial charge in [-0.3, -0.25) is 4.79 Å². The Balaban J connectivity index is 2.97. The van der Waals surface area contributed by atoms with E-state index >= 15 is 0 Å². The Labute approximate surface area is 96.9 Å². The van der Waals surface area contributed by atoms with Gasteiger partial charge in [0.15, 0.2) is 6.29 Å². The molecule has 0 atom stereocenters. The molecule has 0 saturated carbocycles. The zero-order valence-corrected chi connectivity index (χ0v) is 10.3. The lowest BCUT2D eigenvalue weighted by atomic mass is 10.1. The monoisotopic (exact) mass is 218 g/mol. The molecule has 86 valence electrons. The van der Waals surface area contributed by atoms with Crippen LogP contribution in [0.15, 0.2) is 23.8 Å². The summed E-state index contributed by atoms with van der Waals surface area (Å²) < 4.78 is 5.64. The smallest absolute Gasteiger partial charge is 0.154 e. The highest BCUT2D eigenvalue weighted by molar-refractivity contribution is 5.82. The molecule has 1 aromatic carbocycles. The standard InChI is InChI=1S/C14H18O2/c1-10(2)7-8-16-14-12(4)6-5-11(3)13(14)9-15/h5-7,9H,8H2,1-4H3. The SMILES string of the molecule is CC(C)=CCOc1c(C)ccc(C)c1C=O. The van der Waals surface area contributed by atoms with Gasteiger partial charge in [-0.25, -0.2) is 0 Å². The van der Waals surface area contributed by atoms with Crippen LogP contribution in [0.5, 0.6) is 5.75 Å². The second-order valence-electron chi connectivity index (χ2n) is 4.15. The molecular formula is C14H18O2. The first kappa shape index (κ1) is 12.5. The molecule has 0 aliphatic heterocycles. The molecule has 0 bridgehead atoms. The minimum atomic E-state index is 0.507. The second-order valence-corrected chi connectivity index (χ2v) is 4.15. The van der Waals surface area contributed by atoms with Gasteiger partial charge in [0.25, 0.3) is 0 Å². The highest BCUT2D eigenvalue weighted by Gasteiger charge is 2.08. The van der Waals surface area contributed by atoms with Gasteiger partial charge in [0, 0.05) is 0 Å². The number of carbonyl (C=O) groups is 1. The second kappa shape index (κ2) is 5.50. The summed E-state index contributed by atoms with van der Waals surface area (Å²) in [7, 11) is 0. The summed E-state index contributed by atoms with van der Waals surface area (Å²) in [5.74, 6) is 0.701. The van der Waals surface area contributed by atoms with Gasteiger partial charge >= 0.3 is 0 Å². The van der Waals surface area contributed by atoms with Crippen LogP contribution < -0.4 is 4.74 Å². The molecule has 2 heteroatoms. The molecule has 0 aliphatic carbocycles. The average Bonchev–Trinajstić information content (AvgIpc) is 2.23. The van der Waals surface area contributed by atoms with Gasteiger partial charge in [-0.05, 0) is 44.9 Å². The van der Waals surface area contributed by atoms with Crippen LogP contribution in [0.2, 0.25) is 0 Å². The van der Waals surface area contributed by atoms with Crippen LogP contribution >= 0.6 is 0 Å². The summed E-state index contributed by atoms with van der Waals surface area (Å²) >= 11 is 0. The molecule has 0 spiro atoms. The summed E-state index contributed by atoms with van der Waals surface area (Å²) in [6.45, 7) is 8.41. The molecule has 1 rings (SSSR count). The summed E-state index contributed by atoms with van der Waals surface area (Å²) in [6, 6.07) is 3.91. The van der Waals surface area contributed by atoms with Crippen molar-refractivity contribution in [1.29, 1.82) is 0 Å². The van der Waals surface area contributed by atoms with Crippen molar-refractivity contribution in [3.63, 3.8) is 0 Å². The maximum absolute atomic E-state index is 11.0. The van der Waals surface area contributed by atoms with Gasteiger partial charge in [0.1, 0.15) is 12.4 Å². The van der Waals surface area contributed by atoms with Crippen molar-refractivity contribution in [1.82, 2.24) is 0 Å². The summed E-state index contributed by atoms with van der Waals surface area (Å²) in [6.07, 6.45) is 2.86. The van der Waals surface area contributed by atoms with E-state index in [1.807, 2.05) is 45.9 Å². The molecule has 0 N–H and O–H groups in total. The molecule has 0 aliphatic rings. The lowest BCUT2D eigenvalue weighted by Crippen LogP contribution is -2.01. The van der Waals surface area contributed by atoms with Crippen LogP contribution in [0.3, 0.4) is 0 Å². The number of ether oxygens (including phenoxy) is 1. The Morgan fingerprint density at radius 2 is 1.88 bits per heavy atom. The van der Waals surface area contributed by atoms with Gasteiger partial charge in [-0.15, -0.1) is 0 Å². The predicted octanol–water partition coefficient (Wildman–Crippen LogP) is 3.46. The highest BCUT2D eigenvalue weighted by Crippen LogP contribution is 2.25. The van der Waals surface area contributed by atoms with E-state index in [9.17, 15) is 4.79 Å². The van der Waals surface area contributed by atoms with Crippen molar-refractivity contribution in [3.8, 4) is 5.75 Å². The molecular weight excluding hydrogens is 200 g/mol. The first-order valence-electron chi connectivity index (χ1n) is 5.37. The van der Waals surface area contributed by atoms with E-state index in [2.05, 4.69) is 0 Å². The maximum atomic E-state index is 11.0. The van der Waals surface area contributed by atoms with E-state index in [1.54, 1.807) is 0 Å². The Hall–Kier alpha value is -1.57. The fourth-order valence-corrected chi connectivity index (χ4v) is 1.44. The third-order valence-corrected chi connectivity index (χ3v) is 2.45. The van der Waals surface area contributed by atoms with E-state index < -0.39 is 0 Å². The highest BCUT2D eigenvalue weighted by atomic mass is 16.5. The Bertz CT molecular complexity index is 413. The number of aldehydes is 1. The topological polar surface area (TPSA) is 26.3 Å². The first-order chi connectivity index (χ1) is 7.56. The Morgan fingerprint density at radius 1 is 1.25 bits per heavy atom. The molecule has 0 unspecified atom stereocenters. The lowest BCUT2D eigenvalue weighted by Gasteiger charge is -2.11. The van der Waals surface area contributed by atoms with Crippen molar-refractivity contribution in [2.24, 2.45) is 0 Å². The fourth-order valence-electron chi connectivity index (χ4n) is 1.44. The third-order valence-electron chi connectivity index (χ3n) is 2.45. The first-order valence-corrected chi connectivity index (χ1v) is 5.37. The zero-order valence-electron chi connectivity index (χ0n) is 10.3. The predicted molar refractivity (Wildman–Crippen MR) is 66.2 cm³/mol. The quantitative estimate of drug-likeness (QED) is 0.571. The minimum absolute atomic E-state index is 0.507. The number of hydrogen-bond donors (Lipinski definition) is 0. The molecule has 1 aromatic rings. The number of allylic oxidation sites excluding steroid dienone is 1. The lowest BCUT2D eigenvalue weighted by molar-refractivity contribution is 0.111. The summed E-state index contributed by atoms with van der Waals surface area (Å²) in [4.78, 5) is 11.0. The van der Waals surface area contributed by atoms with E-state index in [4.69, 9.17) is 4.74 Å². The van der Waals surface area contributed by atoms with E-state index in [-0.39, 0.29) is 0 Å². The van der Waals surface area contributed by atoms with E-state index in [0.717, 1.165) is 17.4 Å². The van der Waals surface area contributed by atoms with Crippen molar-refractivity contribution >= 4 is 6.29 Å². The Kier molecular flexibility index (Phi) is 4.29. The number of aryl methyl sites for hydroxylation is 2. The summed E-state index contributed by atoms with van der Waals surface area (Å²) in [5, 5.41) is 0. The fraction of sp³-hybridized carbons (Fsp3) is 0.357. The zero-order chi connectivity index (χ0) is 12.1. The van der Waals surface area contributed by atoms with Gasteiger partial charge in [0.2, 0.25) is 0 Å². The molecule has 0 aromatic heterocycles. The van der Waals surface area contributed by atoms with Crippen molar-refractivity contribution in [2.75, 3.05) is 6.61 Å². The molecule has 0 radical (unpaired) electrons. The van der Waals surface area contributed by atoms with Crippen molar-refractivity contribution < 1.29 is 9.53 Å². The van der Waals surface area contributed by atoms with Crippen LogP contribution in [0, 0.1) is 13.8 Å². The number of carbonyl (C=O) groups excluding carboxylic acids is 1. The van der Waals surface area contributed by atoms with Crippen LogP contribution in [0.1, 0.15) is 35.3 Å². The maximum Gasteiger partial charge on any atom is 0.154 e. The van der Waals surface area contributed by atoms with E-state index in [1.165, 1.54) is 5.57 Å². The third kappa shape index (κ3) is 2.96. The van der Waals surface area contributed by atoms with Gasteiger partial charge in [-0.2, -0.15) is 0 Å². The van der Waals surface area contributed by atoms with Crippen LogP contribution in [0.4, 0.5) is 0 Å². The average molecular weight is 218 g/mol. The molecule has 0 amide bonds. The van der Waals surface area contributed by atoms with Gasteiger partial charge < -0.3 is 4.74 Å². The largest absolute Gasteiger partial charge is 0.488 e. The van der Waals surface area contributed by atoms with Crippen LogP contribution in [-0.4, -0.2) is 12.9 Å². The minimum Gasteiger partial charge on any atom is -0.488 e. The number of benzene rings is 1. The van der Waals surface area contributed by atoms with Crippen LogP contribution in [-0.2, 0) is 0 Å². The summed E-state index contributed by atoms with van der Waals surface area (Å²) in [5.41, 5.74) is 3.81. The molecule has 0 heterocycles. The van der Waals surface area contributed by atoms with Crippen LogP contribution in [0.25, 0.3) is 0 Å². The van der Waals surface area contributed by atoms with Crippen molar-refractivity contribution in [3.05, 3.63) is 40.5 Å². The molecule has 0 saturated heterocycles. The molecule has 0 fully saturated rings. The normalized spacial score (nSPS) is 9.75. The van der Waals surface area contributed by atoms with Crippen molar-refractivity contribution in [2.45, 2.75) is 27.7 Å². The van der Waals surface area contributed by atoms with E-state index in [0.29, 0.717) is 17.9 Å².